The maximum atomic E-state index is 12.4. The molecule has 1 N–H and O–H groups in total. The molecule has 2 fully saturated rings. The number of carbonyl (C=O) groups is 1. The summed E-state index contributed by atoms with van der Waals surface area (Å²) in [5.74, 6) is 1.28. The van der Waals surface area contributed by atoms with Crippen LogP contribution in [0.3, 0.4) is 0 Å². The Morgan fingerprint density at radius 1 is 1.28 bits per heavy atom. The van der Waals surface area contributed by atoms with E-state index in [2.05, 4.69) is 20.3 Å². The minimum atomic E-state index is -0.191. The number of ether oxygens (including phenoxy) is 1. The van der Waals surface area contributed by atoms with Crippen LogP contribution >= 0.6 is 0 Å². The first-order valence-electron chi connectivity index (χ1n) is 8.61. The molecule has 2 saturated heterocycles. The lowest BCUT2D eigenvalue weighted by Gasteiger charge is -2.50. The Morgan fingerprint density at radius 2 is 2.20 bits per heavy atom. The third-order valence-electron chi connectivity index (χ3n) is 5.05. The van der Waals surface area contributed by atoms with Crippen LogP contribution in [-0.4, -0.2) is 57.6 Å². The fourth-order valence-corrected chi connectivity index (χ4v) is 3.70. The SMILES string of the molecule is O=C(c1cnccn1)N1CC2(C1)OCCC2CCNc1ccccn1. The van der Waals surface area contributed by atoms with Crippen molar-refractivity contribution in [1.29, 1.82) is 0 Å². The molecular weight excluding hydrogens is 318 g/mol. The molecule has 4 rings (SSSR count). The van der Waals surface area contributed by atoms with Gasteiger partial charge in [-0.05, 0) is 30.9 Å². The first-order valence-corrected chi connectivity index (χ1v) is 8.61. The Hall–Kier alpha value is -2.54. The van der Waals surface area contributed by atoms with Gasteiger partial charge in [0.15, 0.2) is 0 Å². The van der Waals surface area contributed by atoms with E-state index in [0.717, 1.165) is 31.8 Å². The molecule has 1 unspecified atom stereocenters. The topological polar surface area (TPSA) is 80.2 Å². The van der Waals surface area contributed by atoms with Crippen molar-refractivity contribution < 1.29 is 9.53 Å². The number of hydrogen-bond donors (Lipinski definition) is 1. The van der Waals surface area contributed by atoms with Crippen LogP contribution in [0.2, 0.25) is 0 Å². The van der Waals surface area contributed by atoms with Crippen molar-refractivity contribution in [3.8, 4) is 0 Å². The maximum absolute atomic E-state index is 12.4. The van der Waals surface area contributed by atoms with Crippen LogP contribution in [-0.2, 0) is 4.74 Å². The predicted molar refractivity (Wildman–Crippen MR) is 92.1 cm³/mol. The number of nitrogens with zero attached hydrogens (tertiary/aromatic N) is 4. The summed E-state index contributed by atoms with van der Waals surface area (Å²) in [6.07, 6.45) is 8.45. The van der Waals surface area contributed by atoms with Gasteiger partial charge >= 0.3 is 0 Å². The van der Waals surface area contributed by atoms with E-state index in [1.54, 1.807) is 23.5 Å². The Labute approximate surface area is 146 Å². The number of pyridine rings is 1. The third-order valence-corrected chi connectivity index (χ3v) is 5.05. The molecule has 130 valence electrons. The van der Waals surface area contributed by atoms with Crippen molar-refractivity contribution in [2.45, 2.75) is 18.4 Å². The molecule has 2 aliphatic heterocycles. The highest BCUT2D eigenvalue weighted by atomic mass is 16.5. The summed E-state index contributed by atoms with van der Waals surface area (Å²) in [6, 6.07) is 5.84. The van der Waals surface area contributed by atoms with E-state index in [9.17, 15) is 4.79 Å². The molecule has 0 bridgehead atoms. The monoisotopic (exact) mass is 339 g/mol. The number of anilines is 1. The number of amides is 1. The molecule has 25 heavy (non-hydrogen) atoms. The lowest BCUT2D eigenvalue weighted by atomic mass is 9.79. The van der Waals surface area contributed by atoms with Gasteiger partial charge in [0.25, 0.3) is 5.91 Å². The van der Waals surface area contributed by atoms with E-state index in [1.807, 2.05) is 18.2 Å². The largest absolute Gasteiger partial charge is 0.371 e. The summed E-state index contributed by atoms with van der Waals surface area (Å²) in [5, 5.41) is 3.35. The van der Waals surface area contributed by atoms with E-state index in [1.165, 1.54) is 6.20 Å². The molecule has 4 heterocycles. The van der Waals surface area contributed by atoms with Crippen LogP contribution in [0.5, 0.6) is 0 Å². The molecule has 1 amide bonds. The summed E-state index contributed by atoms with van der Waals surface area (Å²) in [5.41, 5.74) is 0.202. The Bertz CT molecular complexity index is 719. The summed E-state index contributed by atoms with van der Waals surface area (Å²) in [7, 11) is 0. The van der Waals surface area contributed by atoms with Crippen LogP contribution in [0.25, 0.3) is 0 Å². The zero-order valence-electron chi connectivity index (χ0n) is 14.0. The van der Waals surface area contributed by atoms with E-state index >= 15 is 0 Å². The molecule has 1 atom stereocenters. The Kier molecular flexibility index (Phi) is 4.31. The van der Waals surface area contributed by atoms with Crippen molar-refractivity contribution >= 4 is 11.7 Å². The van der Waals surface area contributed by atoms with Gasteiger partial charge in [-0.1, -0.05) is 6.07 Å². The van der Waals surface area contributed by atoms with Crippen molar-refractivity contribution in [2.75, 3.05) is 31.6 Å². The molecule has 0 aromatic carbocycles. The molecule has 2 aliphatic rings. The molecule has 2 aromatic heterocycles. The van der Waals surface area contributed by atoms with Crippen LogP contribution in [0.4, 0.5) is 5.82 Å². The fraction of sp³-hybridized carbons (Fsp3) is 0.444. The standard InChI is InChI=1S/C18H21N5O2/c24-17(15-11-19-8-9-20-15)23-12-18(13-23)14(5-10-25-18)4-7-22-16-3-1-2-6-21-16/h1-3,6,8-9,11,14H,4-5,7,10,12-13H2,(H,21,22). The number of carbonyl (C=O) groups excluding carboxylic acids is 1. The highest BCUT2D eigenvalue weighted by Crippen LogP contribution is 2.42. The van der Waals surface area contributed by atoms with Gasteiger partial charge in [-0.25, -0.2) is 9.97 Å². The van der Waals surface area contributed by atoms with E-state index in [-0.39, 0.29) is 11.5 Å². The summed E-state index contributed by atoms with van der Waals surface area (Å²) in [4.78, 5) is 26.5. The Morgan fingerprint density at radius 3 is 2.96 bits per heavy atom. The fourth-order valence-electron chi connectivity index (χ4n) is 3.70. The predicted octanol–water partition coefficient (Wildman–Crippen LogP) is 1.60. The van der Waals surface area contributed by atoms with Crippen molar-refractivity contribution in [3.63, 3.8) is 0 Å². The summed E-state index contributed by atoms with van der Waals surface area (Å²) < 4.78 is 6.03. The van der Waals surface area contributed by atoms with Gasteiger partial charge in [-0.15, -0.1) is 0 Å². The van der Waals surface area contributed by atoms with Crippen LogP contribution in [0.1, 0.15) is 23.3 Å². The summed E-state index contributed by atoms with van der Waals surface area (Å²) >= 11 is 0. The average Bonchev–Trinajstić information content (AvgIpc) is 3.05. The normalized spacial score (nSPS) is 21.1. The molecular formula is C18H21N5O2. The van der Waals surface area contributed by atoms with Gasteiger partial charge in [0.1, 0.15) is 17.1 Å². The van der Waals surface area contributed by atoms with Gasteiger partial charge in [0.05, 0.1) is 19.3 Å². The number of nitrogens with one attached hydrogen (secondary N) is 1. The minimum absolute atomic E-state index is 0.0698. The zero-order chi connectivity index (χ0) is 17.1. The number of aromatic nitrogens is 3. The molecule has 7 heteroatoms. The number of hydrogen-bond acceptors (Lipinski definition) is 6. The quantitative estimate of drug-likeness (QED) is 0.891. The number of rotatable bonds is 5. The molecule has 2 aromatic rings. The van der Waals surface area contributed by atoms with Crippen LogP contribution < -0.4 is 5.32 Å². The first-order chi connectivity index (χ1) is 12.3. The second-order valence-electron chi connectivity index (χ2n) is 6.58. The molecule has 1 spiro atoms. The lowest BCUT2D eigenvalue weighted by molar-refractivity contribution is -0.117. The lowest BCUT2D eigenvalue weighted by Crippen LogP contribution is -2.66. The molecule has 7 nitrogen and oxygen atoms in total. The highest BCUT2D eigenvalue weighted by Gasteiger charge is 2.54. The molecule has 0 saturated carbocycles. The zero-order valence-corrected chi connectivity index (χ0v) is 14.0. The van der Waals surface area contributed by atoms with Crippen molar-refractivity contribution in [2.24, 2.45) is 5.92 Å². The average molecular weight is 339 g/mol. The van der Waals surface area contributed by atoms with E-state index in [4.69, 9.17) is 4.74 Å². The van der Waals surface area contributed by atoms with Gasteiger partial charge in [0.2, 0.25) is 0 Å². The smallest absolute Gasteiger partial charge is 0.274 e. The van der Waals surface area contributed by atoms with Gasteiger partial charge in [0, 0.05) is 31.7 Å². The Balaban J connectivity index is 1.31. The van der Waals surface area contributed by atoms with Crippen LogP contribution in [0, 0.1) is 5.92 Å². The van der Waals surface area contributed by atoms with Gasteiger partial charge < -0.3 is 15.0 Å². The molecule has 0 radical (unpaired) electrons. The van der Waals surface area contributed by atoms with E-state index in [0.29, 0.717) is 24.7 Å². The third kappa shape index (κ3) is 3.19. The van der Waals surface area contributed by atoms with Gasteiger partial charge in [-0.3, -0.25) is 9.78 Å². The maximum Gasteiger partial charge on any atom is 0.274 e. The minimum Gasteiger partial charge on any atom is -0.371 e. The van der Waals surface area contributed by atoms with Crippen molar-refractivity contribution in [1.82, 2.24) is 19.9 Å². The second kappa shape index (κ2) is 6.76. The van der Waals surface area contributed by atoms with Crippen molar-refractivity contribution in [3.05, 3.63) is 48.7 Å². The van der Waals surface area contributed by atoms with E-state index < -0.39 is 0 Å². The van der Waals surface area contributed by atoms with Gasteiger partial charge in [-0.2, -0.15) is 0 Å². The molecule has 0 aliphatic carbocycles. The first kappa shape index (κ1) is 16.0. The number of likely N-dealkylation sites (tertiary alicyclic amines) is 1. The highest BCUT2D eigenvalue weighted by molar-refractivity contribution is 5.92. The van der Waals surface area contributed by atoms with Crippen LogP contribution in [0.15, 0.2) is 43.0 Å². The second-order valence-corrected chi connectivity index (χ2v) is 6.58. The summed E-state index contributed by atoms with van der Waals surface area (Å²) in [6.45, 7) is 2.89.